The highest BCUT2D eigenvalue weighted by Crippen LogP contribution is 2.07. The van der Waals surface area contributed by atoms with Crippen LogP contribution < -0.4 is 11.2 Å². The van der Waals surface area contributed by atoms with Crippen molar-refractivity contribution >= 4 is 17.1 Å². The molecular formula is C19H24N8O3. The number of hydrogen-bond acceptors (Lipinski definition) is 8. The van der Waals surface area contributed by atoms with Gasteiger partial charge in [0, 0.05) is 39.5 Å². The average molecular weight is 412 g/mol. The average Bonchev–Trinajstić information content (AvgIpc) is 2.74. The van der Waals surface area contributed by atoms with E-state index in [0.29, 0.717) is 13.0 Å². The zero-order valence-corrected chi connectivity index (χ0v) is 17.4. The molecule has 0 saturated carbocycles. The summed E-state index contributed by atoms with van der Waals surface area (Å²) < 4.78 is 2.33. The van der Waals surface area contributed by atoms with Crippen molar-refractivity contribution in [2.45, 2.75) is 19.5 Å². The molecule has 3 heterocycles. The fourth-order valence-corrected chi connectivity index (χ4v) is 2.89. The molecular weight excluding hydrogens is 388 g/mol. The molecule has 3 rings (SSSR count). The third-order valence-electron chi connectivity index (χ3n) is 4.63. The van der Waals surface area contributed by atoms with E-state index in [1.807, 2.05) is 25.1 Å². The standard InChI is InChI=1S/C19H24N8O3/c1-24(2)9-7-15(28)25(3)12-14-21-16-17(23-22-14)27(19(30)26(4)18(16)29)11-13-6-5-8-20-10-13/h5-6,8,10H,7,9,11-12H2,1-4H3. The summed E-state index contributed by atoms with van der Waals surface area (Å²) >= 11 is 0. The maximum Gasteiger partial charge on any atom is 0.332 e. The minimum absolute atomic E-state index is 0.0279. The van der Waals surface area contributed by atoms with Gasteiger partial charge in [-0.2, -0.15) is 0 Å². The molecule has 0 aliphatic heterocycles. The van der Waals surface area contributed by atoms with Gasteiger partial charge in [0.15, 0.2) is 17.0 Å². The Labute approximate surface area is 172 Å². The van der Waals surface area contributed by atoms with Gasteiger partial charge in [-0.05, 0) is 25.7 Å². The van der Waals surface area contributed by atoms with E-state index in [0.717, 1.165) is 10.1 Å². The van der Waals surface area contributed by atoms with Gasteiger partial charge in [-0.15, -0.1) is 10.2 Å². The lowest BCUT2D eigenvalue weighted by Crippen LogP contribution is -2.39. The van der Waals surface area contributed by atoms with Crippen molar-refractivity contribution in [2.75, 3.05) is 27.7 Å². The van der Waals surface area contributed by atoms with Crippen LogP contribution in [0, 0.1) is 0 Å². The number of pyridine rings is 1. The van der Waals surface area contributed by atoms with Crippen LogP contribution in [0.4, 0.5) is 0 Å². The van der Waals surface area contributed by atoms with E-state index in [4.69, 9.17) is 0 Å². The smallest absolute Gasteiger partial charge is 0.332 e. The molecule has 0 aliphatic carbocycles. The molecule has 30 heavy (non-hydrogen) atoms. The molecule has 3 aromatic heterocycles. The second-order valence-electron chi connectivity index (χ2n) is 7.30. The van der Waals surface area contributed by atoms with Gasteiger partial charge in [-0.1, -0.05) is 6.07 Å². The maximum absolute atomic E-state index is 12.6. The van der Waals surface area contributed by atoms with Crippen molar-refractivity contribution in [1.29, 1.82) is 0 Å². The Balaban J connectivity index is 1.95. The van der Waals surface area contributed by atoms with Gasteiger partial charge < -0.3 is 9.80 Å². The highest BCUT2D eigenvalue weighted by molar-refractivity contribution is 5.76. The summed E-state index contributed by atoms with van der Waals surface area (Å²) in [5, 5.41) is 8.15. The lowest BCUT2D eigenvalue weighted by Gasteiger charge is -2.18. The highest BCUT2D eigenvalue weighted by atomic mass is 16.2. The summed E-state index contributed by atoms with van der Waals surface area (Å²) in [4.78, 5) is 49.3. The number of hydrogen-bond donors (Lipinski definition) is 0. The van der Waals surface area contributed by atoms with E-state index in [-0.39, 0.29) is 36.0 Å². The van der Waals surface area contributed by atoms with Gasteiger partial charge in [-0.3, -0.25) is 23.7 Å². The number of carbonyl (C=O) groups excluding carboxylic acids is 1. The molecule has 0 atom stereocenters. The first-order chi connectivity index (χ1) is 14.3. The predicted molar refractivity (Wildman–Crippen MR) is 110 cm³/mol. The van der Waals surface area contributed by atoms with Gasteiger partial charge >= 0.3 is 5.69 Å². The summed E-state index contributed by atoms with van der Waals surface area (Å²) in [6.07, 6.45) is 3.62. The molecule has 0 unspecified atom stereocenters. The van der Waals surface area contributed by atoms with Crippen molar-refractivity contribution in [1.82, 2.24) is 39.1 Å². The number of aromatic nitrogens is 6. The Hall–Kier alpha value is -3.47. The summed E-state index contributed by atoms with van der Waals surface area (Å²) in [6, 6.07) is 3.58. The molecule has 0 radical (unpaired) electrons. The van der Waals surface area contributed by atoms with Crippen LogP contribution in [0.1, 0.15) is 17.8 Å². The van der Waals surface area contributed by atoms with Crippen LogP contribution >= 0.6 is 0 Å². The van der Waals surface area contributed by atoms with Crippen LogP contribution in [0.5, 0.6) is 0 Å². The highest BCUT2D eigenvalue weighted by Gasteiger charge is 2.17. The number of amides is 1. The second kappa shape index (κ2) is 8.91. The largest absolute Gasteiger partial charge is 0.338 e. The first-order valence-electron chi connectivity index (χ1n) is 9.38. The minimum atomic E-state index is -0.560. The molecule has 0 aliphatic rings. The monoisotopic (exact) mass is 412 g/mol. The predicted octanol–water partition coefficient (Wildman–Crippen LogP) is -0.761. The van der Waals surface area contributed by atoms with Gasteiger partial charge in [0.25, 0.3) is 5.56 Å². The molecule has 0 N–H and O–H groups in total. The van der Waals surface area contributed by atoms with E-state index in [1.165, 1.54) is 16.5 Å². The first-order valence-corrected chi connectivity index (χ1v) is 9.38. The molecule has 158 valence electrons. The van der Waals surface area contributed by atoms with E-state index < -0.39 is 11.2 Å². The molecule has 0 fully saturated rings. The van der Waals surface area contributed by atoms with E-state index >= 15 is 0 Å². The molecule has 0 spiro atoms. The molecule has 3 aromatic rings. The first kappa shape index (κ1) is 21.2. The number of rotatable bonds is 7. The second-order valence-corrected chi connectivity index (χ2v) is 7.30. The third kappa shape index (κ3) is 4.57. The number of carbonyl (C=O) groups is 1. The Morgan fingerprint density at radius 2 is 1.93 bits per heavy atom. The summed E-state index contributed by atoms with van der Waals surface area (Å²) in [5.74, 6) is 0.161. The van der Waals surface area contributed by atoms with E-state index in [1.54, 1.807) is 25.5 Å². The van der Waals surface area contributed by atoms with Crippen molar-refractivity contribution in [3.05, 3.63) is 56.8 Å². The SMILES string of the molecule is CN(C)CCC(=O)N(C)Cc1nnc2c(n1)c(=O)n(C)c(=O)n2Cc1cccnc1. The van der Waals surface area contributed by atoms with Crippen LogP contribution in [0.2, 0.25) is 0 Å². The van der Waals surface area contributed by atoms with Crippen molar-refractivity contribution in [3.8, 4) is 0 Å². The van der Waals surface area contributed by atoms with Crippen molar-refractivity contribution < 1.29 is 4.79 Å². The lowest BCUT2D eigenvalue weighted by molar-refractivity contribution is -0.130. The van der Waals surface area contributed by atoms with Crippen LogP contribution in [0.25, 0.3) is 11.2 Å². The Morgan fingerprint density at radius 1 is 1.17 bits per heavy atom. The minimum Gasteiger partial charge on any atom is -0.338 e. The normalized spacial score (nSPS) is 11.2. The van der Waals surface area contributed by atoms with Crippen LogP contribution in [0.3, 0.4) is 0 Å². The van der Waals surface area contributed by atoms with Crippen LogP contribution in [0.15, 0.2) is 34.1 Å². The molecule has 11 nitrogen and oxygen atoms in total. The summed E-state index contributed by atoms with van der Waals surface area (Å²) in [6.45, 7) is 0.914. The zero-order chi connectivity index (χ0) is 21.8. The van der Waals surface area contributed by atoms with Gasteiger partial charge in [0.1, 0.15) is 0 Å². The number of fused-ring (bicyclic) bond motifs is 1. The van der Waals surface area contributed by atoms with Gasteiger partial charge in [0.05, 0.1) is 13.1 Å². The van der Waals surface area contributed by atoms with Crippen LogP contribution in [-0.4, -0.2) is 72.7 Å². The topological polar surface area (TPSA) is 119 Å². The van der Waals surface area contributed by atoms with E-state index in [9.17, 15) is 14.4 Å². The number of nitrogens with zero attached hydrogens (tertiary/aromatic N) is 8. The van der Waals surface area contributed by atoms with E-state index in [2.05, 4.69) is 20.2 Å². The Bertz CT molecular complexity index is 1170. The quantitative estimate of drug-likeness (QED) is 0.497. The van der Waals surface area contributed by atoms with Gasteiger partial charge in [0.2, 0.25) is 5.91 Å². The Kier molecular flexibility index (Phi) is 6.31. The van der Waals surface area contributed by atoms with Crippen LogP contribution in [-0.2, 0) is 24.9 Å². The molecule has 11 heteroatoms. The third-order valence-corrected chi connectivity index (χ3v) is 4.63. The molecule has 0 bridgehead atoms. The summed E-state index contributed by atoms with van der Waals surface area (Å²) in [7, 11) is 6.82. The fourth-order valence-electron chi connectivity index (χ4n) is 2.89. The lowest BCUT2D eigenvalue weighted by atomic mass is 10.3. The summed E-state index contributed by atoms with van der Waals surface area (Å²) in [5.41, 5.74) is -0.180. The Morgan fingerprint density at radius 3 is 2.60 bits per heavy atom. The van der Waals surface area contributed by atoms with Gasteiger partial charge in [-0.25, -0.2) is 9.78 Å². The maximum atomic E-state index is 12.6. The fraction of sp³-hybridized carbons (Fsp3) is 0.421. The zero-order valence-electron chi connectivity index (χ0n) is 17.4. The molecule has 1 amide bonds. The van der Waals surface area contributed by atoms with Crippen molar-refractivity contribution in [2.24, 2.45) is 7.05 Å². The van der Waals surface area contributed by atoms with Crippen molar-refractivity contribution in [3.63, 3.8) is 0 Å². The molecule has 0 saturated heterocycles. The molecule has 0 aromatic carbocycles.